The number of ether oxygens (including phenoxy) is 6. The fourth-order valence-corrected chi connectivity index (χ4v) is 5.24. The van der Waals surface area contributed by atoms with Crippen molar-refractivity contribution in [2.45, 2.75) is 82.8 Å². The van der Waals surface area contributed by atoms with Gasteiger partial charge in [-0.05, 0) is 44.5 Å². The molecule has 1 N–H and O–H groups in total. The Morgan fingerprint density at radius 2 is 1.84 bits per heavy atom. The van der Waals surface area contributed by atoms with E-state index >= 15 is 0 Å². The molecule has 0 aliphatic carbocycles. The lowest BCUT2D eigenvalue weighted by molar-refractivity contribution is -0.279. The molecule has 9 nitrogen and oxygen atoms in total. The summed E-state index contributed by atoms with van der Waals surface area (Å²) in [6, 6.07) is 6.85. The van der Waals surface area contributed by atoms with Crippen molar-refractivity contribution in [3.05, 3.63) is 29.3 Å². The number of nitrogens with zero attached hydrogens (tertiary/aromatic N) is 1. The van der Waals surface area contributed by atoms with E-state index in [0.717, 1.165) is 25.9 Å². The van der Waals surface area contributed by atoms with Crippen LogP contribution in [0.3, 0.4) is 0 Å². The molecule has 3 fully saturated rings. The van der Waals surface area contributed by atoms with Gasteiger partial charge in [-0.2, -0.15) is 0 Å². The number of hydrogen-bond donors (Lipinski definition) is 1. The van der Waals surface area contributed by atoms with Crippen LogP contribution in [0.25, 0.3) is 0 Å². The van der Waals surface area contributed by atoms with Gasteiger partial charge in [0.2, 0.25) is 5.79 Å². The van der Waals surface area contributed by atoms with Crippen LogP contribution in [0.1, 0.15) is 52.9 Å². The Kier molecular flexibility index (Phi) is 10.1. The second-order valence-corrected chi connectivity index (χ2v) is 10.8. The van der Waals surface area contributed by atoms with Crippen molar-refractivity contribution < 1.29 is 33.2 Å². The molecule has 4 rings (SSSR count). The van der Waals surface area contributed by atoms with Crippen LogP contribution in [0, 0.1) is 0 Å². The number of morpholine rings is 1. The normalized spacial score (nSPS) is 29.2. The average molecular weight is 541 g/mol. The molecular formula is C27H41ClN2O7. The lowest BCUT2D eigenvalue weighted by Gasteiger charge is -2.33. The largest absolute Gasteiger partial charge is 0.440 e. The van der Waals surface area contributed by atoms with Crippen LogP contribution in [0.5, 0.6) is 0 Å². The number of carbonyl (C=O) groups is 1. The first kappa shape index (κ1) is 28.5. The lowest BCUT2D eigenvalue weighted by Crippen LogP contribution is -2.47. The van der Waals surface area contributed by atoms with E-state index in [9.17, 15) is 4.79 Å². The predicted octanol–water partition coefficient (Wildman–Crippen LogP) is 4.82. The van der Waals surface area contributed by atoms with Crippen LogP contribution in [0.2, 0.25) is 5.02 Å². The number of rotatable bonds is 12. The lowest BCUT2D eigenvalue weighted by atomic mass is 10.0. The number of fused-ring (bicyclic) bond motifs is 1. The summed E-state index contributed by atoms with van der Waals surface area (Å²) in [6.07, 6.45) is 3.38. The van der Waals surface area contributed by atoms with Crippen LogP contribution in [0.4, 0.5) is 10.5 Å². The van der Waals surface area contributed by atoms with Gasteiger partial charge in [0.15, 0.2) is 18.0 Å². The summed E-state index contributed by atoms with van der Waals surface area (Å²) >= 11 is 5.97. The number of carbonyl (C=O) groups excluding carboxylic acids is 1. The Labute approximate surface area is 225 Å². The molecule has 208 valence electrons. The minimum atomic E-state index is -1.16. The van der Waals surface area contributed by atoms with E-state index in [0.29, 0.717) is 37.1 Å². The summed E-state index contributed by atoms with van der Waals surface area (Å²) in [7, 11) is 0. The highest BCUT2D eigenvalue weighted by molar-refractivity contribution is 6.30. The van der Waals surface area contributed by atoms with Gasteiger partial charge in [0, 0.05) is 37.0 Å². The van der Waals surface area contributed by atoms with Gasteiger partial charge in [-0.1, -0.05) is 44.2 Å². The molecule has 0 bridgehead atoms. The van der Waals surface area contributed by atoms with Gasteiger partial charge in [-0.25, -0.2) is 4.79 Å². The second kappa shape index (κ2) is 13.1. The maximum Gasteiger partial charge on any atom is 0.412 e. The van der Waals surface area contributed by atoms with E-state index in [2.05, 4.69) is 17.1 Å². The van der Waals surface area contributed by atoms with Crippen molar-refractivity contribution in [2.24, 2.45) is 0 Å². The number of unbranched alkanes of at least 4 members (excludes halogenated alkanes) is 4. The van der Waals surface area contributed by atoms with Crippen molar-refractivity contribution in [1.82, 2.24) is 4.90 Å². The number of nitrogens with one attached hydrogen (secondary N) is 1. The third-order valence-corrected chi connectivity index (χ3v) is 7.10. The van der Waals surface area contributed by atoms with Crippen molar-refractivity contribution in [2.75, 3.05) is 51.4 Å². The summed E-state index contributed by atoms with van der Waals surface area (Å²) in [5.74, 6) is -2.07. The van der Waals surface area contributed by atoms with Gasteiger partial charge in [-0.3, -0.25) is 10.2 Å². The molecule has 0 radical (unpaired) electrons. The predicted molar refractivity (Wildman–Crippen MR) is 140 cm³/mol. The van der Waals surface area contributed by atoms with E-state index in [4.69, 9.17) is 40.0 Å². The Bertz CT molecular complexity index is 865. The summed E-state index contributed by atoms with van der Waals surface area (Å²) in [6.45, 7) is 10.1. The van der Waals surface area contributed by atoms with Gasteiger partial charge in [-0.15, -0.1) is 0 Å². The standard InChI is InChI=1S/C27H41ClN2O7/c1-4-5-6-7-8-15-33-19-27-24(36-26(2,3)37-27)23(22(35-27)18-30-13-16-32-17-14-30)34-25(31)29-21-11-9-20(28)10-12-21/h9-12,22-24H,4-8,13-19H2,1-3H3,(H,29,31)/t22-,23+,24-,27-/m0/s1. The Hall–Kier alpha value is -1.46. The molecular weight excluding hydrogens is 500 g/mol. The van der Waals surface area contributed by atoms with Gasteiger partial charge < -0.3 is 28.4 Å². The third-order valence-electron chi connectivity index (χ3n) is 6.85. The highest BCUT2D eigenvalue weighted by atomic mass is 35.5. The van der Waals surface area contributed by atoms with Crippen molar-refractivity contribution in [3.63, 3.8) is 0 Å². The highest BCUT2D eigenvalue weighted by Gasteiger charge is 2.66. The quantitative estimate of drug-likeness (QED) is 0.377. The van der Waals surface area contributed by atoms with Gasteiger partial charge in [0.05, 0.1) is 13.2 Å². The fourth-order valence-electron chi connectivity index (χ4n) is 5.11. The number of halogens is 1. The molecule has 3 heterocycles. The Balaban J connectivity index is 1.45. The monoisotopic (exact) mass is 540 g/mol. The maximum atomic E-state index is 12.9. The van der Waals surface area contributed by atoms with Gasteiger partial charge in [0.25, 0.3) is 0 Å². The zero-order chi connectivity index (χ0) is 26.3. The van der Waals surface area contributed by atoms with E-state index in [1.54, 1.807) is 24.3 Å². The molecule has 0 spiro atoms. The highest BCUT2D eigenvalue weighted by Crippen LogP contribution is 2.47. The number of hydrogen-bond acceptors (Lipinski definition) is 8. The maximum absolute atomic E-state index is 12.9. The molecule has 10 heteroatoms. The van der Waals surface area contributed by atoms with E-state index in [1.165, 1.54) is 19.3 Å². The fraction of sp³-hybridized carbons (Fsp3) is 0.741. The first-order chi connectivity index (χ1) is 17.8. The van der Waals surface area contributed by atoms with Crippen molar-refractivity contribution >= 4 is 23.4 Å². The first-order valence-electron chi connectivity index (χ1n) is 13.5. The topological polar surface area (TPSA) is 87.7 Å². The summed E-state index contributed by atoms with van der Waals surface area (Å²) in [4.78, 5) is 15.2. The molecule has 0 unspecified atom stereocenters. The summed E-state index contributed by atoms with van der Waals surface area (Å²) in [5.41, 5.74) is 0.583. The molecule has 0 saturated carbocycles. The van der Waals surface area contributed by atoms with E-state index in [-0.39, 0.29) is 6.61 Å². The second-order valence-electron chi connectivity index (χ2n) is 10.4. The molecule has 1 aromatic carbocycles. The summed E-state index contributed by atoms with van der Waals surface area (Å²) in [5, 5.41) is 3.36. The molecule has 37 heavy (non-hydrogen) atoms. The molecule has 3 aliphatic rings. The Morgan fingerprint density at radius 3 is 2.57 bits per heavy atom. The van der Waals surface area contributed by atoms with Crippen LogP contribution >= 0.6 is 11.6 Å². The van der Waals surface area contributed by atoms with Crippen molar-refractivity contribution in [3.8, 4) is 0 Å². The van der Waals surface area contributed by atoms with Gasteiger partial charge >= 0.3 is 6.09 Å². The van der Waals surface area contributed by atoms with Crippen LogP contribution in [-0.2, 0) is 28.4 Å². The molecule has 1 amide bonds. The Morgan fingerprint density at radius 1 is 1.11 bits per heavy atom. The number of benzene rings is 1. The van der Waals surface area contributed by atoms with Crippen LogP contribution in [0.15, 0.2) is 24.3 Å². The molecule has 3 aliphatic heterocycles. The minimum absolute atomic E-state index is 0.202. The molecule has 3 saturated heterocycles. The van der Waals surface area contributed by atoms with Crippen LogP contribution < -0.4 is 5.32 Å². The number of anilines is 1. The zero-order valence-electron chi connectivity index (χ0n) is 22.2. The SMILES string of the molecule is CCCCCCCOC[C@@]12O[C@@H](CN3CCOCC3)[C@@H](OC(=O)Nc3ccc(Cl)cc3)[C@@H]1OC(C)(C)O2. The number of amides is 1. The zero-order valence-corrected chi connectivity index (χ0v) is 23.0. The van der Waals surface area contributed by atoms with Gasteiger partial charge in [0.1, 0.15) is 12.7 Å². The average Bonchev–Trinajstić information content (AvgIpc) is 3.27. The molecule has 4 atom stereocenters. The molecule has 1 aromatic rings. The van der Waals surface area contributed by atoms with Crippen molar-refractivity contribution in [1.29, 1.82) is 0 Å². The van der Waals surface area contributed by atoms with E-state index in [1.807, 2.05) is 13.8 Å². The molecule has 0 aromatic heterocycles. The van der Waals surface area contributed by atoms with E-state index < -0.39 is 36.0 Å². The summed E-state index contributed by atoms with van der Waals surface area (Å²) < 4.78 is 36.7. The third kappa shape index (κ3) is 7.79. The van der Waals surface area contributed by atoms with Crippen LogP contribution in [-0.4, -0.2) is 86.9 Å². The smallest absolute Gasteiger partial charge is 0.412 e. The minimum Gasteiger partial charge on any atom is -0.440 e. The first-order valence-corrected chi connectivity index (χ1v) is 13.8.